The molecule has 0 spiro atoms. The van der Waals surface area contributed by atoms with Crippen molar-refractivity contribution in [1.82, 2.24) is 5.32 Å². The van der Waals surface area contributed by atoms with Gasteiger partial charge in [0.2, 0.25) is 0 Å². The van der Waals surface area contributed by atoms with Gasteiger partial charge < -0.3 is 10.1 Å². The minimum absolute atomic E-state index is 0.672. The quantitative estimate of drug-likeness (QED) is 0.641. The molecule has 0 saturated carbocycles. The van der Waals surface area contributed by atoms with E-state index in [0.717, 1.165) is 32.0 Å². The van der Waals surface area contributed by atoms with Gasteiger partial charge in [0.25, 0.3) is 0 Å². The molecule has 0 amide bonds. The SMILES string of the molecule is CCCC(C)C(CNCCOC)Cc1ccccc1Br. The Bertz CT molecular complexity index is 370. The van der Waals surface area contributed by atoms with Crippen molar-refractivity contribution < 1.29 is 4.74 Å². The highest BCUT2D eigenvalue weighted by atomic mass is 79.9. The lowest BCUT2D eigenvalue weighted by Crippen LogP contribution is -2.31. The fourth-order valence-corrected chi connectivity index (χ4v) is 3.02. The minimum atomic E-state index is 0.672. The highest BCUT2D eigenvalue weighted by molar-refractivity contribution is 9.10. The Labute approximate surface area is 132 Å². The topological polar surface area (TPSA) is 21.3 Å². The van der Waals surface area contributed by atoms with Crippen LogP contribution in [-0.2, 0) is 11.2 Å². The van der Waals surface area contributed by atoms with Gasteiger partial charge in [-0.2, -0.15) is 0 Å². The molecule has 20 heavy (non-hydrogen) atoms. The number of methoxy groups -OCH3 is 1. The van der Waals surface area contributed by atoms with Crippen LogP contribution in [0.1, 0.15) is 32.3 Å². The summed E-state index contributed by atoms with van der Waals surface area (Å²) in [5.74, 6) is 1.41. The van der Waals surface area contributed by atoms with Gasteiger partial charge in [0.05, 0.1) is 6.61 Å². The molecule has 0 aliphatic heterocycles. The Hall–Kier alpha value is -0.380. The molecule has 0 radical (unpaired) electrons. The summed E-state index contributed by atoms with van der Waals surface area (Å²) in [5.41, 5.74) is 1.41. The van der Waals surface area contributed by atoms with Gasteiger partial charge in [-0.25, -0.2) is 0 Å². The zero-order chi connectivity index (χ0) is 14.8. The zero-order valence-electron chi connectivity index (χ0n) is 13.0. The lowest BCUT2D eigenvalue weighted by Gasteiger charge is -2.25. The van der Waals surface area contributed by atoms with E-state index in [1.807, 2.05) is 0 Å². The third-order valence-corrected chi connectivity index (χ3v) is 4.65. The fraction of sp³-hybridized carbons (Fsp3) is 0.647. The maximum absolute atomic E-state index is 5.10. The maximum atomic E-state index is 5.10. The molecule has 1 N–H and O–H groups in total. The largest absolute Gasteiger partial charge is 0.383 e. The number of rotatable bonds is 10. The van der Waals surface area contributed by atoms with Crippen LogP contribution < -0.4 is 5.32 Å². The normalized spacial score (nSPS) is 14.2. The van der Waals surface area contributed by atoms with Crippen LogP contribution in [0.15, 0.2) is 28.7 Å². The van der Waals surface area contributed by atoms with E-state index in [-0.39, 0.29) is 0 Å². The number of nitrogens with one attached hydrogen (secondary N) is 1. The zero-order valence-corrected chi connectivity index (χ0v) is 14.6. The molecule has 2 nitrogen and oxygen atoms in total. The van der Waals surface area contributed by atoms with Crippen molar-refractivity contribution in [3.8, 4) is 0 Å². The molecule has 1 aromatic rings. The number of hydrogen-bond donors (Lipinski definition) is 1. The number of benzene rings is 1. The van der Waals surface area contributed by atoms with Gasteiger partial charge in [-0.3, -0.25) is 0 Å². The average Bonchev–Trinajstić information content (AvgIpc) is 2.44. The van der Waals surface area contributed by atoms with E-state index >= 15 is 0 Å². The first-order chi connectivity index (χ1) is 9.69. The Kier molecular flexibility index (Phi) is 9.16. The summed E-state index contributed by atoms with van der Waals surface area (Å²) in [7, 11) is 1.75. The van der Waals surface area contributed by atoms with E-state index in [1.54, 1.807) is 7.11 Å². The monoisotopic (exact) mass is 341 g/mol. The molecule has 0 aromatic heterocycles. The molecular weight excluding hydrogens is 314 g/mol. The molecule has 0 aliphatic rings. The predicted molar refractivity (Wildman–Crippen MR) is 90.2 cm³/mol. The van der Waals surface area contributed by atoms with E-state index in [9.17, 15) is 0 Å². The second-order valence-corrected chi connectivity index (χ2v) is 6.37. The molecule has 2 atom stereocenters. The van der Waals surface area contributed by atoms with Crippen molar-refractivity contribution in [2.45, 2.75) is 33.1 Å². The molecule has 3 heteroatoms. The molecule has 1 aromatic carbocycles. The Balaban J connectivity index is 2.59. The van der Waals surface area contributed by atoms with E-state index in [4.69, 9.17) is 4.74 Å². The van der Waals surface area contributed by atoms with Gasteiger partial charge in [0.1, 0.15) is 0 Å². The van der Waals surface area contributed by atoms with Crippen molar-refractivity contribution >= 4 is 15.9 Å². The molecule has 0 fully saturated rings. The third-order valence-electron chi connectivity index (χ3n) is 3.88. The Morgan fingerprint density at radius 2 is 2.05 bits per heavy atom. The van der Waals surface area contributed by atoms with E-state index < -0.39 is 0 Å². The van der Waals surface area contributed by atoms with E-state index in [2.05, 4.69) is 59.4 Å². The first kappa shape index (κ1) is 17.7. The molecule has 0 bridgehead atoms. The number of ether oxygens (including phenoxy) is 1. The summed E-state index contributed by atoms with van der Waals surface area (Å²) < 4.78 is 6.33. The summed E-state index contributed by atoms with van der Waals surface area (Å²) in [4.78, 5) is 0. The molecular formula is C17H28BrNO. The van der Waals surface area contributed by atoms with Crippen molar-refractivity contribution in [2.75, 3.05) is 26.8 Å². The molecule has 2 unspecified atom stereocenters. The summed E-state index contributed by atoms with van der Waals surface area (Å²) >= 11 is 3.67. The van der Waals surface area contributed by atoms with E-state index in [0.29, 0.717) is 5.92 Å². The highest BCUT2D eigenvalue weighted by Crippen LogP contribution is 2.25. The summed E-state index contributed by atoms with van der Waals surface area (Å²) in [6.07, 6.45) is 3.68. The molecule has 1 rings (SSSR count). The Morgan fingerprint density at radius 1 is 1.30 bits per heavy atom. The highest BCUT2D eigenvalue weighted by Gasteiger charge is 2.17. The molecule has 0 heterocycles. The van der Waals surface area contributed by atoms with Crippen molar-refractivity contribution in [2.24, 2.45) is 11.8 Å². The van der Waals surface area contributed by atoms with Crippen LogP contribution in [0.3, 0.4) is 0 Å². The smallest absolute Gasteiger partial charge is 0.0587 e. The molecule has 0 aliphatic carbocycles. The second kappa shape index (κ2) is 10.4. The predicted octanol–water partition coefficient (Wildman–Crippen LogP) is 4.28. The van der Waals surface area contributed by atoms with Gasteiger partial charge in [-0.1, -0.05) is 60.8 Å². The van der Waals surface area contributed by atoms with Gasteiger partial charge in [-0.15, -0.1) is 0 Å². The maximum Gasteiger partial charge on any atom is 0.0587 e. The van der Waals surface area contributed by atoms with Crippen LogP contribution in [0.5, 0.6) is 0 Å². The first-order valence-electron chi connectivity index (χ1n) is 7.62. The van der Waals surface area contributed by atoms with Crippen LogP contribution in [0.2, 0.25) is 0 Å². The van der Waals surface area contributed by atoms with Crippen molar-refractivity contribution in [1.29, 1.82) is 0 Å². The van der Waals surface area contributed by atoms with Crippen LogP contribution in [-0.4, -0.2) is 26.8 Å². The second-order valence-electron chi connectivity index (χ2n) is 5.52. The van der Waals surface area contributed by atoms with Crippen LogP contribution in [0.4, 0.5) is 0 Å². The molecule has 0 saturated heterocycles. The Morgan fingerprint density at radius 3 is 2.70 bits per heavy atom. The lowest BCUT2D eigenvalue weighted by molar-refractivity contribution is 0.195. The third kappa shape index (κ3) is 6.38. The van der Waals surface area contributed by atoms with Crippen LogP contribution >= 0.6 is 15.9 Å². The van der Waals surface area contributed by atoms with Gasteiger partial charge in [0, 0.05) is 18.1 Å². The van der Waals surface area contributed by atoms with Crippen LogP contribution in [0.25, 0.3) is 0 Å². The average molecular weight is 342 g/mol. The van der Waals surface area contributed by atoms with Crippen molar-refractivity contribution in [3.63, 3.8) is 0 Å². The summed E-state index contributed by atoms with van der Waals surface area (Å²) in [5, 5.41) is 3.53. The van der Waals surface area contributed by atoms with Crippen molar-refractivity contribution in [3.05, 3.63) is 34.3 Å². The number of halogens is 1. The molecule has 114 valence electrons. The van der Waals surface area contributed by atoms with Gasteiger partial charge in [-0.05, 0) is 36.4 Å². The summed E-state index contributed by atoms with van der Waals surface area (Å²) in [6, 6.07) is 8.56. The minimum Gasteiger partial charge on any atom is -0.383 e. The standard InChI is InChI=1S/C17H28BrNO/c1-4-7-14(2)16(13-19-10-11-20-3)12-15-8-5-6-9-17(15)18/h5-6,8-9,14,16,19H,4,7,10-13H2,1-3H3. The number of hydrogen-bond acceptors (Lipinski definition) is 2. The first-order valence-corrected chi connectivity index (χ1v) is 8.41. The van der Waals surface area contributed by atoms with Gasteiger partial charge in [0.15, 0.2) is 0 Å². The van der Waals surface area contributed by atoms with Gasteiger partial charge >= 0.3 is 0 Å². The van der Waals surface area contributed by atoms with E-state index in [1.165, 1.54) is 22.9 Å². The summed E-state index contributed by atoms with van der Waals surface area (Å²) in [6.45, 7) is 7.42. The lowest BCUT2D eigenvalue weighted by atomic mass is 9.85. The van der Waals surface area contributed by atoms with Crippen LogP contribution in [0, 0.1) is 11.8 Å². The fourth-order valence-electron chi connectivity index (χ4n) is 2.57.